The summed E-state index contributed by atoms with van der Waals surface area (Å²) >= 11 is 0. The Labute approximate surface area is 150 Å². The molecule has 0 unspecified atom stereocenters. The average Bonchev–Trinajstić information content (AvgIpc) is 3.27. The molecule has 3 aliphatic carbocycles. The molecule has 3 saturated carbocycles. The van der Waals surface area contributed by atoms with Crippen molar-refractivity contribution in [3.8, 4) is 11.8 Å². The lowest BCUT2D eigenvalue weighted by Gasteiger charge is -2.63. The minimum Gasteiger partial charge on any atom is -0.392 e. The number of methoxy groups -OCH3 is 1. The van der Waals surface area contributed by atoms with E-state index < -0.39 is 23.1 Å². The molecular weight excluding hydrogens is 320 g/mol. The summed E-state index contributed by atoms with van der Waals surface area (Å²) in [4.78, 5) is 0. The van der Waals surface area contributed by atoms with Crippen LogP contribution in [-0.2, 0) is 14.2 Å². The molecule has 5 heteroatoms. The molecule has 0 amide bonds. The highest BCUT2D eigenvalue weighted by Crippen LogP contribution is 2.62. The SMILES string of the molecule is CO[C@@]12CC[C@H](O)[C@@H](C#C[C@@](C)(O)C3CCCC3)[C@@H]1CC21OCCO1. The fourth-order valence-electron chi connectivity index (χ4n) is 5.62. The number of aliphatic hydroxyl groups excluding tert-OH is 1. The van der Waals surface area contributed by atoms with Crippen molar-refractivity contribution in [3.63, 3.8) is 0 Å². The van der Waals surface area contributed by atoms with E-state index in [-0.39, 0.29) is 17.8 Å². The fraction of sp³-hybridized carbons (Fsp3) is 0.900. The van der Waals surface area contributed by atoms with Gasteiger partial charge in [-0.1, -0.05) is 24.7 Å². The highest BCUT2D eigenvalue weighted by molar-refractivity contribution is 5.26. The van der Waals surface area contributed by atoms with Gasteiger partial charge in [0.1, 0.15) is 11.2 Å². The molecule has 4 aliphatic rings. The zero-order valence-electron chi connectivity index (χ0n) is 15.3. The van der Waals surface area contributed by atoms with Crippen LogP contribution in [0.15, 0.2) is 0 Å². The largest absolute Gasteiger partial charge is 0.392 e. The molecule has 0 aromatic heterocycles. The number of hydrogen-bond acceptors (Lipinski definition) is 5. The van der Waals surface area contributed by atoms with Gasteiger partial charge < -0.3 is 24.4 Å². The summed E-state index contributed by atoms with van der Waals surface area (Å²) in [5.74, 6) is 5.80. The fourth-order valence-corrected chi connectivity index (χ4v) is 5.62. The number of aliphatic hydroxyl groups is 2. The predicted octanol–water partition coefficient (Wildman–Crippen LogP) is 1.85. The van der Waals surface area contributed by atoms with E-state index in [4.69, 9.17) is 14.2 Å². The molecule has 0 aromatic rings. The van der Waals surface area contributed by atoms with E-state index in [1.54, 1.807) is 7.11 Å². The zero-order chi connectivity index (χ0) is 17.7. The molecule has 0 bridgehead atoms. The van der Waals surface area contributed by atoms with Crippen LogP contribution < -0.4 is 0 Å². The van der Waals surface area contributed by atoms with Crippen molar-refractivity contribution >= 4 is 0 Å². The number of ether oxygens (including phenoxy) is 3. The van der Waals surface area contributed by atoms with E-state index >= 15 is 0 Å². The second-order valence-electron chi connectivity index (χ2n) is 8.38. The first-order chi connectivity index (χ1) is 11.9. The Morgan fingerprint density at radius 1 is 1.16 bits per heavy atom. The summed E-state index contributed by atoms with van der Waals surface area (Å²) < 4.78 is 17.8. The molecule has 0 radical (unpaired) electrons. The van der Waals surface area contributed by atoms with E-state index in [9.17, 15) is 10.2 Å². The van der Waals surface area contributed by atoms with E-state index in [0.29, 0.717) is 32.5 Å². The Morgan fingerprint density at radius 3 is 2.48 bits per heavy atom. The first kappa shape index (κ1) is 17.8. The zero-order valence-corrected chi connectivity index (χ0v) is 15.3. The molecule has 5 nitrogen and oxygen atoms in total. The van der Waals surface area contributed by atoms with Crippen molar-refractivity contribution in [2.75, 3.05) is 20.3 Å². The minimum atomic E-state index is -0.981. The van der Waals surface area contributed by atoms with Crippen molar-refractivity contribution in [3.05, 3.63) is 0 Å². The van der Waals surface area contributed by atoms with Crippen LogP contribution in [0.2, 0.25) is 0 Å². The minimum absolute atomic E-state index is 0.0752. The normalized spacial score (nSPS) is 42.3. The van der Waals surface area contributed by atoms with Gasteiger partial charge in [-0.25, -0.2) is 0 Å². The third kappa shape index (κ3) is 2.57. The Kier molecular flexibility index (Phi) is 4.41. The lowest BCUT2D eigenvalue weighted by Crippen LogP contribution is -2.74. The van der Waals surface area contributed by atoms with Gasteiger partial charge in [-0.05, 0) is 38.5 Å². The standard InChI is InChI=1S/C20H30O5/c1-18(22,14-5-3-4-6-14)9-7-15-16-13-20(24-11-12-25-20)19(16,23-2)10-8-17(15)21/h14-17,21-22H,3-6,8,10-13H2,1-2H3/t15-,16-,17-,18+,19-/m0/s1. The Morgan fingerprint density at radius 2 is 1.84 bits per heavy atom. The molecule has 1 heterocycles. The summed E-state index contributed by atoms with van der Waals surface area (Å²) in [7, 11) is 1.70. The van der Waals surface area contributed by atoms with E-state index in [1.165, 1.54) is 12.8 Å². The Balaban J connectivity index is 1.57. The maximum Gasteiger partial charge on any atom is 0.198 e. The Hall–Kier alpha value is -0.640. The first-order valence-corrected chi connectivity index (χ1v) is 9.70. The lowest BCUT2D eigenvalue weighted by atomic mass is 9.52. The molecule has 2 N–H and O–H groups in total. The summed E-state index contributed by atoms with van der Waals surface area (Å²) in [5, 5.41) is 21.4. The van der Waals surface area contributed by atoms with Gasteiger partial charge in [-0.2, -0.15) is 0 Å². The summed E-state index contributed by atoms with van der Waals surface area (Å²) in [6.45, 7) is 3.00. The first-order valence-electron chi connectivity index (χ1n) is 9.70. The molecule has 1 saturated heterocycles. The third-order valence-electron chi connectivity index (χ3n) is 7.15. The van der Waals surface area contributed by atoms with Gasteiger partial charge in [0.05, 0.1) is 25.2 Å². The van der Waals surface area contributed by atoms with Crippen LogP contribution in [0.4, 0.5) is 0 Å². The Bertz CT molecular complexity index is 564. The second-order valence-corrected chi connectivity index (χ2v) is 8.38. The van der Waals surface area contributed by atoms with Gasteiger partial charge in [-0.15, -0.1) is 0 Å². The van der Waals surface area contributed by atoms with Crippen molar-refractivity contribution in [1.29, 1.82) is 0 Å². The molecule has 1 spiro atoms. The smallest absolute Gasteiger partial charge is 0.198 e. The van der Waals surface area contributed by atoms with Crippen LogP contribution in [0, 0.1) is 29.6 Å². The summed E-state index contributed by atoms with van der Waals surface area (Å²) in [5.41, 5.74) is -1.51. The third-order valence-corrected chi connectivity index (χ3v) is 7.15. The molecule has 1 aliphatic heterocycles. The van der Waals surface area contributed by atoms with Gasteiger partial charge in [-0.3, -0.25) is 0 Å². The van der Waals surface area contributed by atoms with Crippen molar-refractivity contribution in [2.45, 2.75) is 75.0 Å². The van der Waals surface area contributed by atoms with Gasteiger partial charge >= 0.3 is 0 Å². The lowest BCUT2D eigenvalue weighted by molar-refractivity contribution is -0.381. The maximum atomic E-state index is 10.8. The van der Waals surface area contributed by atoms with Crippen molar-refractivity contribution in [2.24, 2.45) is 17.8 Å². The molecule has 25 heavy (non-hydrogen) atoms. The predicted molar refractivity (Wildman–Crippen MR) is 91.6 cm³/mol. The van der Waals surface area contributed by atoms with Crippen LogP contribution >= 0.6 is 0 Å². The average molecular weight is 350 g/mol. The molecule has 140 valence electrons. The summed E-state index contributed by atoms with van der Waals surface area (Å²) in [6.07, 6.45) is 5.94. The number of fused-ring (bicyclic) bond motifs is 2. The van der Waals surface area contributed by atoms with Gasteiger partial charge in [0.25, 0.3) is 0 Å². The van der Waals surface area contributed by atoms with Gasteiger partial charge in [0.2, 0.25) is 0 Å². The molecule has 4 rings (SSSR count). The van der Waals surface area contributed by atoms with Gasteiger partial charge in [0.15, 0.2) is 5.79 Å². The van der Waals surface area contributed by atoms with Crippen LogP contribution in [0.25, 0.3) is 0 Å². The molecule has 0 aromatic carbocycles. The van der Waals surface area contributed by atoms with Crippen LogP contribution in [0.5, 0.6) is 0 Å². The highest BCUT2D eigenvalue weighted by atomic mass is 16.8. The number of hydrogen-bond donors (Lipinski definition) is 2. The van der Waals surface area contributed by atoms with Gasteiger partial charge in [0, 0.05) is 19.4 Å². The van der Waals surface area contributed by atoms with E-state index in [1.807, 2.05) is 6.92 Å². The topological polar surface area (TPSA) is 68.2 Å². The number of rotatable bonds is 2. The molecule has 4 fully saturated rings. The van der Waals surface area contributed by atoms with Crippen LogP contribution in [-0.4, -0.2) is 53.6 Å². The monoisotopic (exact) mass is 350 g/mol. The van der Waals surface area contributed by atoms with Crippen LogP contribution in [0.1, 0.15) is 51.9 Å². The highest BCUT2D eigenvalue weighted by Gasteiger charge is 2.73. The quantitative estimate of drug-likeness (QED) is 0.744. The maximum absolute atomic E-state index is 10.8. The van der Waals surface area contributed by atoms with E-state index in [2.05, 4.69) is 11.8 Å². The van der Waals surface area contributed by atoms with Crippen LogP contribution in [0.3, 0.4) is 0 Å². The summed E-state index contributed by atoms with van der Waals surface area (Å²) in [6, 6.07) is 0. The van der Waals surface area contributed by atoms with Crippen molar-refractivity contribution in [1.82, 2.24) is 0 Å². The van der Waals surface area contributed by atoms with Crippen molar-refractivity contribution < 1.29 is 24.4 Å². The molecule has 5 atom stereocenters. The molecular formula is C20H30O5. The second kappa shape index (κ2) is 6.21. The van der Waals surface area contributed by atoms with E-state index in [0.717, 1.165) is 12.8 Å².